The number of nitrogens with zero attached hydrogens (tertiary/aromatic N) is 2. The zero-order valence-electron chi connectivity index (χ0n) is 11.6. The van der Waals surface area contributed by atoms with Crippen LogP contribution in [0.3, 0.4) is 0 Å². The molecule has 1 aliphatic rings. The summed E-state index contributed by atoms with van der Waals surface area (Å²) < 4.78 is 0. The molecule has 0 atom stereocenters. The van der Waals surface area contributed by atoms with Crippen molar-refractivity contribution in [3.8, 4) is 0 Å². The Hall–Kier alpha value is -0.830. The largest absolute Gasteiger partial charge is 0.270 e. The summed E-state index contributed by atoms with van der Waals surface area (Å²) in [6.45, 7) is 9.19. The van der Waals surface area contributed by atoms with Gasteiger partial charge in [-0.2, -0.15) is 0 Å². The Morgan fingerprint density at radius 3 is 2.47 bits per heavy atom. The van der Waals surface area contributed by atoms with Gasteiger partial charge in [0.15, 0.2) is 0 Å². The molecular formula is C14H26N2O. The van der Waals surface area contributed by atoms with E-state index >= 15 is 0 Å². The van der Waals surface area contributed by atoms with Crippen molar-refractivity contribution in [2.75, 3.05) is 6.67 Å². The van der Waals surface area contributed by atoms with E-state index in [1.807, 2.05) is 25.1 Å². The molecule has 0 N–H and O–H groups in total. The topological polar surface area (TPSA) is 24.8 Å². The van der Waals surface area contributed by atoms with Crippen molar-refractivity contribution in [1.82, 2.24) is 5.06 Å². The second-order valence-corrected chi connectivity index (χ2v) is 4.93. The smallest absolute Gasteiger partial charge is 0.135 e. The first-order chi connectivity index (χ1) is 8.17. The molecule has 0 saturated carbocycles. The van der Waals surface area contributed by atoms with Crippen LogP contribution in [0.2, 0.25) is 0 Å². The predicted octanol–water partition coefficient (Wildman–Crippen LogP) is 3.77. The first kappa shape index (κ1) is 14.2. The Labute approximate surface area is 106 Å². The van der Waals surface area contributed by atoms with Gasteiger partial charge < -0.3 is 0 Å². The summed E-state index contributed by atoms with van der Waals surface area (Å²) in [6.07, 6.45) is 9.28. The lowest BCUT2D eigenvalue weighted by Gasteiger charge is -2.26. The van der Waals surface area contributed by atoms with Crippen LogP contribution >= 0.6 is 0 Å². The average molecular weight is 238 g/mol. The molecule has 0 aliphatic carbocycles. The van der Waals surface area contributed by atoms with Gasteiger partial charge in [0.05, 0.1) is 6.10 Å². The molecule has 3 nitrogen and oxygen atoms in total. The molecule has 1 heterocycles. The van der Waals surface area contributed by atoms with Crippen LogP contribution in [0.4, 0.5) is 0 Å². The van der Waals surface area contributed by atoms with Gasteiger partial charge in [0, 0.05) is 12.4 Å². The fourth-order valence-corrected chi connectivity index (χ4v) is 2.19. The molecule has 0 amide bonds. The zero-order valence-corrected chi connectivity index (χ0v) is 11.6. The molecule has 98 valence electrons. The van der Waals surface area contributed by atoms with Crippen LogP contribution in [0.5, 0.6) is 0 Å². The third-order valence-electron chi connectivity index (χ3n) is 2.85. The monoisotopic (exact) mass is 238 g/mol. The van der Waals surface area contributed by atoms with Crippen molar-refractivity contribution in [3.63, 3.8) is 0 Å². The minimum absolute atomic E-state index is 0.205. The molecule has 0 unspecified atom stereocenters. The normalized spacial score (nSPS) is 15.9. The highest BCUT2D eigenvalue weighted by molar-refractivity contribution is 5.79. The summed E-state index contributed by atoms with van der Waals surface area (Å²) >= 11 is 0. The van der Waals surface area contributed by atoms with E-state index < -0.39 is 0 Å². The number of hydrogen-bond acceptors (Lipinski definition) is 3. The highest BCUT2D eigenvalue weighted by atomic mass is 16.7. The molecule has 0 spiro atoms. The van der Waals surface area contributed by atoms with Crippen molar-refractivity contribution in [3.05, 3.63) is 11.8 Å². The molecular weight excluding hydrogens is 212 g/mol. The van der Waals surface area contributed by atoms with Gasteiger partial charge in [0.25, 0.3) is 0 Å². The van der Waals surface area contributed by atoms with E-state index in [0.717, 1.165) is 0 Å². The fourth-order valence-electron chi connectivity index (χ4n) is 2.19. The third kappa shape index (κ3) is 4.90. The summed E-state index contributed by atoms with van der Waals surface area (Å²) in [5.74, 6) is 0.632. The fraction of sp³-hybridized carbons (Fsp3) is 0.786. The second-order valence-electron chi connectivity index (χ2n) is 4.93. The van der Waals surface area contributed by atoms with E-state index in [4.69, 9.17) is 4.84 Å². The lowest BCUT2D eigenvalue weighted by atomic mass is 9.91. The maximum atomic E-state index is 5.67. The molecule has 17 heavy (non-hydrogen) atoms. The summed E-state index contributed by atoms with van der Waals surface area (Å²) in [4.78, 5) is 10.1. The lowest BCUT2D eigenvalue weighted by molar-refractivity contribution is -0.151. The standard InChI is InChI=1S/C14H26N2O/c1-5-7-13(8-6-2)14-9-15-11-16(10-14)17-12(3)4/h9-10,12-13H,5-8,11H2,1-4H3. The Balaban J connectivity index is 2.65. The molecule has 0 radical (unpaired) electrons. The maximum Gasteiger partial charge on any atom is 0.135 e. The first-order valence-electron chi connectivity index (χ1n) is 6.82. The molecule has 0 saturated heterocycles. The molecule has 0 aromatic rings. The van der Waals surface area contributed by atoms with Crippen LogP contribution in [-0.4, -0.2) is 24.1 Å². The Bertz CT molecular complexity index is 265. The summed E-state index contributed by atoms with van der Waals surface area (Å²) in [7, 11) is 0. The summed E-state index contributed by atoms with van der Waals surface area (Å²) in [5.41, 5.74) is 1.32. The number of aliphatic imine (C=N–C) groups is 1. The van der Waals surface area contributed by atoms with Crippen molar-refractivity contribution in [1.29, 1.82) is 0 Å². The Morgan fingerprint density at radius 1 is 1.29 bits per heavy atom. The van der Waals surface area contributed by atoms with E-state index in [1.165, 1.54) is 31.3 Å². The van der Waals surface area contributed by atoms with Gasteiger partial charge in [-0.15, -0.1) is 0 Å². The highest BCUT2D eigenvalue weighted by Gasteiger charge is 2.16. The van der Waals surface area contributed by atoms with Crippen molar-refractivity contribution in [2.24, 2.45) is 10.9 Å². The van der Waals surface area contributed by atoms with E-state index in [9.17, 15) is 0 Å². The third-order valence-corrected chi connectivity index (χ3v) is 2.85. The predicted molar refractivity (Wildman–Crippen MR) is 72.8 cm³/mol. The van der Waals surface area contributed by atoms with Gasteiger partial charge >= 0.3 is 0 Å². The minimum atomic E-state index is 0.205. The van der Waals surface area contributed by atoms with Crippen LogP contribution in [0, 0.1) is 5.92 Å². The second kappa shape index (κ2) is 7.49. The molecule has 0 fully saturated rings. The summed E-state index contributed by atoms with van der Waals surface area (Å²) in [6, 6.07) is 0. The van der Waals surface area contributed by atoms with Crippen LogP contribution in [-0.2, 0) is 4.84 Å². The zero-order chi connectivity index (χ0) is 12.7. The van der Waals surface area contributed by atoms with Gasteiger partial charge in [-0.3, -0.25) is 9.83 Å². The molecule has 1 rings (SSSR count). The minimum Gasteiger partial charge on any atom is -0.270 e. The number of rotatable bonds is 7. The van der Waals surface area contributed by atoms with Gasteiger partial charge in [-0.1, -0.05) is 26.7 Å². The van der Waals surface area contributed by atoms with Crippen LogP contribution < -0.4 is 0 Å². The van der Waals surface area contributed by atoms with Gasteiger partial charge in [-0.25, -0.2) is 5.06 Å². The molecule has 0 bridgehead atoms. The van der Waals surface area contributed by atoms with E-state index in [0.29, 0.717) is 12.6 Å². The Kier molecular flexibility index (Phi) is 6.27. The molecule has 0 aromatic carbocycles. The quantitative estimate of drug-likeness (QED) is 0.674. The number of allylic oxidation sites excluding steroid dienone is 1. The van der Waals surface area contributed by atoms with E-state index in [1.54, 1.807) is 0 Å². The van der Waals surface area contributed by atoms with Crippen LogP contribution in [0.15, 0.2) is 16.8 Å². The van der Waals surface area contributed by atoms with E-state index in [-0.39, 0.29) is 6.10 Å². The number of hydrogen-bond donors (Lipinski definition) is 0. The SMILES string of the molecule is CCCC(CCC)C1=CN(OC(C)C)CN=C1. The average Bonchev–Trinajstić information content (AvgIpc) is 2.28. The van der Waals surface area contributed by atoms with Gasteiger partial charge in [0.1, 0.15) is 6.67 Å². The lowest BCUT2D eigenvalue weighted by Crippen LogP contribution is -2.26. The van der Waals surface area contributed by atoms with Crippen LogP contribution in [0.1, 0.15) is 53.4 Å². The van der Waals surface area contributed by atoms with Crippen molar-refractivity contribution in [2.45, 2.75) is 59.5 Å². The maximum absolute atomic E-state index is 5.67. The van der Waals surface area contributed by atoms with E-state index in [2.05, 4.69) is 25.0 Å². The van der Waals surface area contributed by atoms with Crippen molar-refractivity contribution >= 4 is 6.21 Å². The summed E-state index contributed by atoms with van der Waals surface area (Å²) in [5, 5.41) is 1.86. The van der Waals surface area contributed by atoms with Gasteiger partial charge in [-0.05, 0) is 38.2 Å². The Morgan fingerprint density at radius 2 is 1.94 bits per heavy atom. The first-order valence-corrected chi connectivity index (χ1v) is 6.82. The molecule has 0 aromatic heterocycles. The van der Waals surface area contributed by atoms with Crippen molar-refractivity contribution < 1.29 is 4.84 Å². The highest BCUT2D eigenvalue weighted by Crippen LogP contribution is 2.23. The molecule has 3 heteroatoms. The number of hydroxylamine groups is 2. The van der Waals surface area contributed by atoms with Gasteiger partial charge in [0.2, 0.25) is 0 Å². The van der Waals surface area contributed by atoms with Crippen LogP contribution in [0.25, 0.3) is 0 Å². The molecule has 1 aliphatic heterocycles.